The zero-order valence-corrected chi connectivity index (χ0v) is 11.6. The average molecular weight is 296 g/mol. The number of hydrogen-bond donors (Lipinski definition) is 2. The van der Waals surface area contributed by atoms with Gasteiger partial charge in [-0.15, -0.1) is 0 Å². The van der Waals surface area contributed by atoms with Crippen LogP contribution in [0.5, 0.6) is 0 Å². The first-order chi connectivity index (χ1) is 9.35. The zero-order valence-electron chi connectivity index (χ0n) is 9.98. The highest BCUT2D eigenvalue weighted by Gasteiger charge is 2.18. The first kappa shape index (κ1) is 12.5. The zero-order chi connectivity index (χ0) is 13.1. The standard InChI is InChI=1S/C9H12N8S2/c10-16-6-13-7(17-3-1-2-4-17)15-8(14-6)18-9-11-5-12-19-9/h5H,1-4,10H2,(H,13,14,15,16). The molecule has 3 N–H and O–H groups in total. The number of hydrazine groups is 1. The van der Waals surface area contributed by atoms with Crippen molar-refractivity contribution in [1.82, 2.24) is 24.3 Å². The fourth-order valence-corrected chi connectivity index (χ4v) is 3.10. The predicted octanol–water partition coefficient (Wildman–Crippen LogP) is 0.760. The Morgan fingerprint density at radius 2 is 2.11 bits per heavy atom. The number of nitrogen functional groups attached to an aromatic ring is 1. The van der Waals surface area contributed by atoms with Gasteiger partial charge in [0.1, 0.15) is 6.33 Å². The van der Waals surface area contributed by atoms with Gasteiger partial charge in [0, 0.05) is 13.1 Å². The summed E-state index contributed by atoms with van der Waals surface area (Å²) in [6, 6.07) is 0. The molecule has 1 aliphatic rings. The third-order valence-corrected chi connectivity index (χ3v) is 4.22. The summed E-state index contributed by atoms with van der Waals surface area (Å²) in [6.45, 7) is 1.94. The SMILES string of the molecule is NNc1nc(Sc2ncns2)nc(N2CCCC2)n1. The summed E-state index contributed by atoms with van der Waals surface area (Å²) < 4.78 is 4.74. The molecule has 1 aliphatic heterocycles. The molecule has 0 saturated carbocycles. The third-order valence-electron chi connectivity index (χ3n) is 2.64. The van der Waals surface area contributed by atoms with Crippen molar-refractivity contribution < 1.29 is 0 Å². The molecule has 0 atom stereocenters. The Bertz CT molecular complexity index is 539. The Morgan fingerprint density at radius 3 is 2.79 bits per heavy atom. The normalized spacial score (nSPS) is 14.9. The van der Waals surface area contributed by atoms with E-state index in [0.717, 1.165) is 30.3 Å². The lowest BCUT2D eigenvalue weighted by molar-refractivity contribution is 0.827. The molecule has 10 heteroatoms. The topological polar surface area (TPSA) is 106 Å². The molecule has 3 rings (SSSR count). The van der Waals surface area contributed by atoms with Crippen molar-refractivity contribution in [3.05, 3.63) is 6.33 Å². The lowest BCUT2D eigenvalue weighted by atomic mass is 10.4. The molecule has 0 bridgehead atoms. The highest BCUT2D eigenvalue weighted by Crippen LogP contribution is 2.27. The van der Waals surface area contributed by atoms with Gasteiger partial charge in [0.05, 0.1) is 0 Å². The van der Waals surface area contributed by atoms with Crippen molar-refractivity contribution in [3.8, 4) is 0 Å². The van der Waals surface area contributed by atoms with Gasteiger partial charge in [0.25, 0.3) is 0 Å². The van der Waals surface area contributed by atoms with Crippen LogP contribution in [0.3, 0.4) is 0 Å². The average Bonchev–Trinajstić information content (AvgIpc) is 3.11. The van der Waals surface area contributed by atoms with Crippen LogP contribution in [0.25, 0.3) is 0 Å². The molecular weight excluding hydrogens is 284 g/mol. The Balaban J connectivity index is 1.88. The summed E-state index contributed by atoms with van der Waals surface area (Å²) in [5.41, 5.74) is 2.48. The number of aromatic nitrogens is 5. The van der Waals surface area contributed by atoms with Gasteiger partial charge in [-0.2, -0.15) is 19.3 Å². The molecule has 1 fully saturated rings. The number of rotatable bonds is 4. The fourth-order valence-electron chi connectivity index (χ4n) is 1.80. The molecule has 0 unspecified atom stereocenters. The molecule has 1 saturated heterocycles. The summed E-state index contributed by atoms with van der Waals surface area (Å²) in [6.07, 6.45) is 3.84. The van der Waals surface area contributed by atoms with Gasteiger partial charge < -0.3 is 4.90 Å². The number of hydrogen-bond acceptors (Lipinski definition) is 10. The van der Waals surface area contributed by atoms with E-state index in [0.29, 0.717) is 17.1 Å². The van der Waals surface area contributed by atoms with E-state index in [9.17, 15) is 0 Å². The third kappa shape index (κ3) is 2.91. The fraction of sp³-hybridized carbons (Fsp3) is 0.444. The van der Waals surface area contributed by atoms with E-state index in [2.05, 4.69) is 34.6 Å². The maximum Gasteiger partial charge on any atom is 0.242 e. The van der Waals surface area contributed by atoms with Gasteiger partial charge in [-0.25, -0.2) is 10.8 Å². The van der Waals surface area contributed by atoms with Crippen molar-refractivity contribution in [1.29, 1.82) is 0 Å². The Labute approximate surface area is 118 Å². The highest BCUT2D eigenvalue weighted by molar-refractivity contribution is 8.00. The number of nitrogens with zero attached hydrogens (tertiary/aromatic N) is 6. The van der Waals surface area contributed by atoms with E-state index in [4.69, 9.17) is 5.84 Å². The summed E-state index contributed by atoms with van der Waals surface area (Å²) in [7, 11) is 0. The quantitative estimate of drug-likeness (QED) is 0.624. The van der Waals surface area contributed by atoms with Gasteiger partial charge in [-0.05, 0) is 36.1 Å². The van der Waals surface area contributed by atoms with Crippen LogP contribution in [-0.2, 0) is 0 Å². The largest absolute Gasteiger partial charge is 0.341 e. The molecule has 8 nitrogen and oxygen atoms in total. The van der Waals surface area contributed by atoms with Gasteiger partial charge >= 0.3 is 0 Å². The van der Waals surface area contributed by atoms with Crippen molar-refractivity contribution in [2.24, 2.45) is 5.84 Å². The van der Waals surface area contributed by atoms with E-state index in [1.165, 1.54) is 29.6 Å². The van der Waals surface area contributed by atoms with Crippen LogP contribution < -0.4 is 16.2 Å². The smallest absolute Gasteiger partial charge is 0.242 e. The molecule has 0 spiro atoms. The summed E-state index contributed by atoms with van der Waals surface area (Å²) >= 11 is 2.66. The Hall–Kier alpha value is -1.52. The van der Waals surface area contributed by atoms with Gasteiger partial charge in [0.2, 0.25) is 17.1 Å². The first-order valence-corrected chi connectivity index (χ1v) is 7.36. The second kappa shape index (κ2) is 5.63. The van der Waals surface area contributed by atoms with Crippen molar-refractivity contribution in [2.45, 2.75) is 22.3 Å². The molecule has 0 amide bonds. The minimum Gasteiger partial charge on any atom is -0.341 e. The van der Waals surface area contributed by atoms with Crippen molar-refractivity contribution >= 4 is 35.2 Å². The van der Waals surface area contributed by atoms with E-state index in [1.54, 1.807) is 0 Å². The second-order valence-electron chi connectivity index (χ2n) is 3.89. The van der Waals surface area contributed by atoms with Gasteiger partial charge in [-0.1, -0.05) is 0 Å². The van der Waals surface area contributed by atoms with E-state index in [1.807, 2.05) is 0 Å². The van der Waals surface area contributed by atoms with Crippen LogP contribution in [0, 0.1) is 0 Å². The maximum absolute atomic E-state index is 5.40. The predicted molar refractivity (Wildman–Crippen MR) is 73.1 cm³/mol. The maximum atomic E-state index is 5.40. The number of nitrogens with two attached hydrogens (primary N) is 1. The lowest BCUT2D eigenvalue weighted by Crippen LogP contribution is -2.22. The van der Waals surface area contributed by atoms with Crippen LogP contribution >= 0.6 is 23.3 Å². The molecule has 19 heavy (non-hydrogen) atoms. The molecule has 0 aliphatic carbocycles. The van der Waals surface area contributed by atoms with Crippen molar-refractivity contribution in [3.63, 3.8) is 0 Å². The number of nitrogens with one attached hydrogen (secondary N) is 1. The molecule has 100 valence electrons. The van der Waals surface area contributed by atoms with Crippen LogP contribution in [0.2, 0.25) is 0 Å². The Kier molecular flexibility index (Phi) is 3.71. The Morgan fingerprint density at radius 1 is 1.26 bits per heavy atom. The second-order valence-corrected chi connectivity index (χ2v) is 5.88. The first-order valence-electron chi connectivity index (χ1n) is 5.77. The molecule has 2 aromatic rings. The molecule has 0 aromatic carbocycles. The lowest BCUT2D eigenvalue weighted by Gasteiger charge is -2.15. The van der Waals surface area contributed by atoms with E-state index < -0.39 is 0 Å². The molecule has 0 radical (unpaired) electrons. The van der Waals surface area contributed by atoms with Gasteiger partial charge in [0.15, 0.2) is 4.34 Å². The minimum atomic E-state index is 0.365. The summed E-state index contributed by atoms with van der Waals surface area (Å²) in [4.78, 5) is 19.2. The minimum absolute atomic E-state index is 0.365. The monoisotopic (exact) mass is 296 g/mol. The summed E-state index contributed by atoms with van der Waals surface area (Å²) in [5, 5.41) is 0.571. The van der Waals surface area contributed by atoms with Crippen molar-refractivity contribution in [2.75, 3.05) is 23.4 Å². The van der Waals surface area contributed by atoms with E-state index >= 15 is 0 Å². The molecule has 2 aromatic heterocycles. The number of anilines is 2. The molecule has 3 heterocycles. The highest BCUT2D eigenvalue weighted by atomic mass is 32.2. The van der Waals surface area contributed by atoms with Crippen LogP contribution in [-0.4, -0.2) is 37.4 Å². The van der Waals surface area contributed by atoms with Crippen LogP contribution in [0.4, 0.5) is 11.9 Å². The van der Waals surface area contributed by atoms with E-state index in [-0.39, 0.29) is 0 Å². The van der Waals surface area contributed by atoms with Crippen LogP contribution in [0.1, 0.15) is 12.8 Å². The molecular formula is C9H12N8S2. The van der Waals surface area contributed by atoms with Crippen LogP contribution in [0.15, 0.2) is 15.8 Å². The van der Waals surface area contributed by atoms with Gasteiger partial charge in [-0.3, -0.25) is 5.43 Å². The summed E-state index contributed by atoms with van der Waals surface area (Å²) in [5.74, 6) is 6.43.